The first kappa shape index (κ1) is 13.3. The van der Waals surface area contributed by atoms with E-state index in [4.69, 9.17) is 17.3 Å². The maximum atomic E-state index is 12.3. The summed E-state index contributed by atoms with van der Waals surface area (Å²) < 4.78 is 1.07. The first-order valence-electron chi connectivity index (χ1n) is 6.08. The van der Waals surface area contributed by atoms with Gasteiger partial charge >= 0.3 is 0 Å². The summed E-state index contributed by atoms with van der Waals surface area (Å²) in [6, 6.07) is 9.96. The number of hydrogen-bond donors (Lipinski definition) is 1. The zero-order chi connectivity index (χ0) is 14.8. The van der Waals surface area contributed by atoms with E-state index < -0.39 is 0 Å². The third kappa shape index (κ3) is 2.61. The van der Waals surface area contributed by atoms with Gasteiger partial charge in [-0.2, -0.15) is 9.67 Å². The van der Waals surface area contributed by atoms with Gasteiger partial charge in [-0.1, -0.05) is 11.6 Å². The molecule has 0 amide bonds. The van der Waals surface area contributed by atoms with Crippen LogP contribution in [0.1, 0.15) is 10.4 Å². The topological polar surface area (TPSA) is 86.7 Å². The Hall–Kier alpha value is -2.73. The van der Waals surface area contributed by atoms with Crippen molar-refractivity contribution in [2.24, 2.45) is 0 Å². The van der Waals surface area contributed by atoms with E-state index in [0.717, 1.165) is 10.2 Å². The Labute approximate surface area is 125 Å². The van der Waals surface area contributed by atoms with E-state index in [1.807, 2.05) is 0 Å². The van der Waals surface area contributed by atoms with Crippen molar-refractivity contribution in [2.75, 3.05) is 5.73 Å². The van der Waals surface area contributed by atoms with Crippen molar-refractivity contribution in [3.05, 3.63) is 59.4 Å². The lowest BCUT2D eigenvalue weighted by molar-refractivity contribution is 0.0948. The number of nitrogen functional groups attached to an aromatic ring is 1. The first-order chi connectivity index (χ1) is 10.1. The van der Waals surface area contributed by atoms with Crippen LogP contribution in [0.25, 0.3) is 11.4 Å². The van der Waals surface area contributed by atoms with Gasteiger partial charge < -0.3 is 5.73 Å². The molecule has 0 fully saturated rings. The zero-order valence-electron chi connectivity index (χ0n) is 10.8. The number of carbonyl (C=O) groups is 1. The number of nitrogens with zero attached hydrogens (tertiary/aromatic N) is 4. The van der Waals surface area contributed by atoms with Gasteiger partial charge in [0, 0.05) is 28.5 Å². The van der Waals surface area contributed by atoms with Gasteiger partial charge in [0.25, 0.3) is 5.91 Å². The van der Waals surface area contributed by atoms with E-state index in [1.54, 1.807) is 48.8 Å². The second kappa shape index (κ2) is 5.34. The van der Waals surface area contributed by atoms with Crippen molar-refractivity contribution in [3.63, 3.8) is 0 Å². The van der Waals surface area contributed by atoms with Gasteiger partial charge in [-0.15, -0.1) is 5.10 Å². The van der Waals surface area contributed by atoms with E-state index >= 15 is 0 Å². The molecule has 0 atom stereocenters. The highest BCUT2D eigenvalue weighted by molar-refractivity contribution is 6.30. The molecule has 0 unspecified atom stereocenters. The number of nitrogens with two attached hydrogens (primary N) is 1. The zero-order valence-corrected chi connectivity index (χ0v) is 11.5. The molecular weight excluding hydrogens is 290 g/mol. The number of anilines is 1. The smallest absolute Gasteiger partial charge is 0.281 e. The molecule has 0 saturated heterocycles. The van der Waals surface area contributed by atoms with E-state index in [-0.39, 0.29) is 11.9 Å². The van der Waals surface area contributed by atoms with Gasteiger partial charge in [0.1, 0.15) is 0 Å². The summed E-state index contributed by atoms with van der Waals surface area (Å²) in [6.45, 7) is 0. The molecule has 0 bridgehead atoms. The molecule has 2 N–H and O–H groups in total. The Bertz CT molecular complexity index is 783. The normalized spacial score (nSPS) is 10.5. The van der Waals surface area contributed by atoms with E-state index in [9.17, 15) is 4.79 Å². The molecule has 7 heteroatoms. The fourth-order valence-electron chi connectivity index (χ4n) is 1.81. The lowest BCUT2D eigenvalue weighted by Crippen LogP contribution is -2.16. The minimum atomic E-state index is -0.364. The van der Waals surface area contributed by atoms with Gasteiger partial charge in [-0.25, -0.2) is 0 Å². The molecule has 21 heavy (non-hydrogen) atoms. The number of carbonyl (C=O) groups excluding carboxylic acids is 1. The van der Waals surface area contributed by atoms with Crippen LogP contribution in [-0.2, 0) is 0 Å². The van der Waals surface area contributed by atoms with Crippen molar-refractivity contribution >= 4 is 23.5 Å². The molecule has 2 heterocycles. The molecule has 3 rings (SSSR count). The summed E-state index contributed by atoms with van der Waals surface area (Å²) in [4.78, 5) is 20.4. The lowest BCUT2D eigenvalue weighted by atomic mass is 10.2. The molecule has 0 aliphatic rings. The van der Waals surface area contributed by atoms with Gasteiger partial charge in [0.15, 0.2) is 5.82 Å². The molecular formula is C14H10ClN5O. The molecule has 1 aromatic carbocycles. The number of halogens is 1. The Kier molecular flexibility index (Phi) is 3.37. The summed E-state index contributed by atoms with van der Waals surface area (Å²) in [5.41, 5.74) is 6.94. The van der Waals surface area contributed by atoms with Crippen LogP contribution < -0.4 is 5.73 Å². The molecule has 0 spiro atoms. The van der Waals surface area contributed by atoms with Gasteiger partial charge in [-0.3, -0.25) is 9.78 Å². The van der Waals surface area contributed by atoms with Gasteiger partial charge in [0.2, 0.25) is 5.95 Å². The van der Waals surface area contributed by atoms with Gasteiger partial charge in [-0.05, 0) is 36.4 Å². The highest BCUT2D eigenvalue weighted by atomic mass is 35.5. The second-order valence-corrected chi connectivity index (χ2v) is 4.69. The van der Waals surface area contributed by atoms with Crippen LogP contribution in [0.2, 0.25) is 5.02 Å². The average molecular weight is 300 g/mol. The third-order valence-electron chi connectivity index (χ3n) is 2.85. The Balaban J connectivity index is 1.98. The quantitative estimate of drug-likeness (QED) is 0.784. The van der Waals surface area contributed by atoms with Crippen LogP contribution in [0.15, 0.2) is 48.8 Å². The minimum Gasteiger partial charge on any atom is -0.368 e. The monoisotopic (exact) mass is 299 g/mol. The van der Waals surface area contributed by atoms with Crippen molar-refractivity contribution in [1.29, 1.82) is 0 Å². The minimum absolute atomic E-state index is 0.0294. The number of benzene rings is 1. The summed E-state index contributed by atoms with van der Waals surface area (Å²) >= 11 is 5.80. The lowest BCUT2D eigenvalue weighted by Gasteiger charge is -2.01. The SMILES string of the molecule is Nc1nc(-c2ccncc2)nn1C(=O)c1ccc(Cl)cc1. The summed E-state index contributed by atoms with van der Waals surface area (Å²) in [5.74, 6) is 0.0379. The first-order valence-corrected chi connectivity index (χ1v) is 6.46. The molecule has 6 nitrogen and oxygen atoms in total. The largest absolute Gasteiger partial charge is 0.368 e. The number of rotatable bonds is 2. The molecule has 2 aromatic heterocycles. The Morgan fingerprint density at radius 1 is 1.10 bits per heavy atom. The maximum absolute atomic E-state index is 12.3. The predicted molar refractivity (Wildman–Crippen MR) is 78.8 cm³/mol. The van der Waals surface area contributed by atoms with Crippen LogP contribution >= 0.6 is 11.6 Å². The summed E-state index contributed by atoms with van der Waals surface area (Å²) in [7, 11) is 0. The maximum Gasteiger partial charge on any atom is 0.281 e. The fraction of sp³-hybridized carbons (Fsp3) is 0. The van der Waals surface area contributed by atoms with E-state index in [0.29, 0.717) is 16.4 Å². The highest BCUT2D eigenvalue weighted by Crippen LogP contribution is 2.17. The fourth-order valence-corrected chi connectivity index (χ4v) is 1.94. The standard InChI is InChI=1S/C14H10ClN5O/c15-11-3-1-10(2-4-11)13(21)20-14(16)18-12(19-20)9-5-7-17-8-6-9/h1-8H,(H2,16,18,19). The van der Waals surface area contributed by atoms with Gasteiger partial charge in [0.05, 0.1) is 0 Å². The van der Waals surface area contributed by atoms with Crippen molar-refractivity contribution in [3.8, 4) is 11.4 Å². The second-order valence-electron chi connectivity index (χ2n) is 4.25. The van der Waals surface area contributed by atoms with Crippen molar-refractivity contribution < 1.29 is 4.79 Å². The molecule has 0 aliphatic heterocycles. The summed E-state index contributed by atoms with van der Waals surface area (Å²) in [6.07, 6.45) is 3.24. The highest BCUT2D eigenvalue weighted by Gasteiger charge is 2.16. The predicted octanol–water partition coefficient (Wildman–Crippen LogP) is 2.26. The van der Waals surface area contributed by atoms with Crippen LogP contribution in [0, 0.1) is 0 Å². The van der Waals surface area contributed by atoms with Crippen LogP contribution in [0.4, 0.5) is 5.95 Å². The molecule has 0 radical (unpaired) electrons. The molecule has 0 saturated carbocycles. The third-order valence-corrected chi connectivity index (χ3v) is 3.11. The van der Waals surface area contributed by atoms with E-state index in [1.165, 1.54) is 0 Å². The van der Waals surface area contributed by atoms with Crippen molar-refractivity contribution in [1.82, 2.24) is 19.7 Å². The number of aromatic nitrogens is 4. The number of hydrogen-bond acceptors (Lipinski definition) is 5. The average Bonchev–Trinajstić information content (AvgIpc) is 2.90. The molecule has 104 valence electrons. The molecule has 0 aliphatic carbocycles. The Morgan fingerprint density at radius 3 is 2.43 bits per heavy atom. The van der Waals surface area contributed by atoms with Crippen LogP contribution in [-0.4, -0.2) is 25.7 Å². The van der Waals surface area contributed by atoms with Crippen molar-refractivity contribution in [2.45, 2.75) is 0 Å². The summed E-state index contributed by atoms with van der Waals surface area (Å²) in [5, 5.41) is 4.70. The molecule has 3 aromatic rings. The van der Waals surface area contributed by atoms with Crippen LogP contribution in [0.3, 0.4) is 0 Å². The van der Waals surface area contributed by atoms with E-state index in [2.05, 4.69) is 15.1 Å². The number of pyridine rings is 1. The van der Waals surface area contributed by atoms with Crippen LogP contribution in [0.5, 0.6) is 0 Å². The Morgan fingerprint density at radius 2 is 1.76 bits per heavy atom.